The maximum absolute atomic E-state index is 13.3. The van der Waals surface area contributed by atoms with Crippen molar-refractivity contribution in [2.24, 2.45) is 5.73 Å². The van der Waals surface area contributed by atoms with Crippen molar-refractivity contribution >= 4 is 32.8 Å². The summed E-state index contributed by atoms with van der Waals surface area (Å²) in [5.74, 6) is 1.30. The van der Waals surface area contributed by atoms with E-state index < -0.39 is 5.54 Å². The third-order valence-electron chi connectivity index (χ3n) is 5.84. The molecule has 9 heteroatoms. The lowest BCUT2D eigenvalue weighted by Crippen LogP contribution is -2.34. The highest BCUT2D eigenvalue weighted by atomic mass is 79.9. The van der Waals surface area contributed by atoms with Gasteiger partial charge in [-0.1, -0.05) is 18.2 Å². The standard InChI is InChI=1S/C23H21BrFN7/c1-23(26,16-2-4-19(25)5-3-16)17-11-27-21(28-12-17)15-6-8-31(9-7-15)22-20-10-18(24)13-32(20)30-14-29-22/h2-6,10-14H,7-9,26H2,1H3. The summed E-state index contributed by atoms with van der Waals surface area (Å²) in [6, 6.07) is 8.21. The molecule has 1 aliphatic rings. The van der Waals surface area contributed by atoms with Gasteiger partial charge in [-0.15, -0.1) is 0 Å². The second-order valence-corrected chi connectivity index (χ2v) is 8.92. The van der Waals surface area contributed by atoms with Gasteiger partial charge in [0.2, 0.25) is 0 Å². The molecule has 4 aromatic rings. The molecule has 4 heterocycles. The van der Waals surface area contributed by atoms with Gasteiger partial charge in [0.05, 0.1) is 5.54 Å². The van der Waals surface area contributed by atoms with E-state index in [0.29, 0.717) is 12.4 Å². The van der Waals surface area contributed by atoms with Crippen molar-refractivity contribution in [2.75, 3.05) is 18.0 Å². The SMILES string of the molecule is CC(N)(c1ccc(F)cc1)c1cnc(C2=CCN(c3ncnn4cc(Br)cc34)CC2)nc1. The first-order chi connectivity index (χ1) is 15.4. The van der Waals surface area contributed by atoms with Crippen LogP contribution in [0.1, 0.15) is 30.3 Å². The minimum Gasteiger partial charge on any atom is -0.351 e. The van der Waals surface area contributed by atoms with Gasteiger partial charge in [0.1, 0.15) is 17.7 Å². The van der Waals surface area contributed by atoms with Crippen LogP contribution in [0, 0.1) is 5.82 Å². The summed E-state index contributed by atoms with van der Waals surface area (Å²) >= 11 is 3.50. The highest BCUT2D eigenvalue weighted by Crippen LogP contribution is 2.29. The summed E-state index contributed by atoms with van der Waals surface area (Å²) in [6.45, 7) is 3.38. The zero-order chi connectivity index (χ0) is 22.3. The van der Waals surface area contributed by atoms with E-state index in [4.69, 9.17) is 5.73 Å². The molecule has 1 atom stereocenters. The minimum absolute atomic E-state index is 0.290. The van der Waals surface area contributed by atoms with Gasteiger partial charge in [0, 0.05) is 41.7 Å². The van der Waals surface area contributed by atoms with Crippen LogP contribution in [0.5, 0.6) is 0 Å². The Bertz CT molecular complexity index is 1300. The van der Waals surface area contributed by atoms with Crippen LogP contribution in [0.2, 0.25) is 0 Å². The first-order valence-electron chi connectivity index (χ1n) is 10.2. The average molecular weight is 494 g/mol. The van der Waals surface area contributed by atoms with E-state index in [-0.39, 0.29) is 5.82 Å². The molecule has 3 aromatic heterocycles. The van der Waals surface area contributed by atoms with E-state index in [0.717, 1.165) is 45.5 Å². The van der Waals surface area contributed by atoms with Crippen molar-refractivity contribution in [3.8, 4) is 0 Å². The van der Waals surface area contributed by atoms with E-state index in [1.165, 1.54) is 12.1 Å². The van der Waals surface area contributed by atoms with Gasteiger partial charge in [0.15, 0.2) is 11.6 Å². The van der Waals surface area contributed by atoms with Gasteiger partial charge < -0.3 is 10.6 Å². The first kappa shape index (κ1) is 20.7. The van der Waals surface area contributed by atoms with Crippen molar-refractivity contribution in [3.05, 3.63) is 88.6 Å². The fraction of sp³-hybridized carbons (Fsp3) is 0.217. The molecular weight excluding hydrogens is 473 g/mol. The summed E-state index contributed by atoms with van der Waals surface area (Å²) in [7, 11) is 0. The van der Waals surface area contributed by atoms with Crippen LogP contribution in [0.3, 0.4) is 0 Å². The molecule has 0 fully saturated rings. The number of anilines is 1. The van der Waals surface area contributed by atoms with Crippen molar-refractivity contribution in [2.45, 2.75) is 18.9 Å². The van der Waals surface area contributed by atoms with Crippen molar-refractivity contribution in [3.63, 3.8) is 0 Å². The molecule has 0 spiro atoms. The van der Waals surface area contributed by atoms with Crippen LogP contribution < -0.4 is 10.6 Å². The van der Waals surface area contributed by atoms with Crippen LogP contribution in [0.25, 0.3) is 11.1 Å². The molecule has 7 nitrogen and oxygen atoms in total. The second kappa shape index (κ2) is 8.07. The molecule has 1 unspecified atom stereocenters. The van der Waals surface area contributed by atoms with E-state index in [9.17, 15) is 4.39 Å². The number of nitrogens with zero attached hydrogens (tertiary/aromatic N) is 6. The Hall–Kier alpha value is -3.17. The minimum atomic E-state index is -0.812. The lowest BCUT2D eigenvalue weighted by Gasteiger charge is -2.28. The average Bonchev–Trinajstić information content (AvgIpc) is 3.20. The fourth-order valence-electron chi connectivity index (χ4n) is 3.92. The van der Waals surface area contributed by atoms with Crippen molar-refractivity contribution < 1.29 is 4.39 Å². The van der Waals surface area contributed by atoms with E-state index in [1.54, 1.807) is 30.9 Å². The lowest BCUT2D eigenvalue weighted by atomic mass is 9.87. The molecule has 32 heavy (non-hydrogen) atoms. The van der Waals surface area contributed by atoms with Gasteiger partial charge >= 0.3 is 0 Å². The number of nitrogens with two attached hydrogens (primary N) is 1. The summed E-state index contributed by atoms with van der Waals surface area (Å²) in [4.78, 5) is 15.9. The molecule has 0 radical (unpaired) electrons. The summed E-state index contributed by atoms with van der Waals surface area (Å²) in [5, 5.41) is 4.26. The Morgan fingerprint density at radius 3 is 2.53 bits per heavy atom. The quantitative estimate of drug-likeness (QED) is 0.463. The Morgan fingerprint density at radius 2 is 1.84 bits per heavy atom. The van der Waals surface area contributed by atoms with E-state index in [2.05, 4.69) is 47.0 Å². The monoisotopic (exact) mass is 493 g/mol. The van der Waals surface area contributed by atoms with Gasteiger partial charge in [-0.3, -0.25) is 0 Å². The van der Waals surface area contributed by atoms with E-state index in [1.807, 2.05) is 23.7 Å². The molecule has 0 aliphatic carbocycles. The summed E-state index contributed by atoms with van der Waals surface area (Å²) in [5.41, 5.74) is 9.34. The highest BCUT2D eigenvalue weighted by Gasteiger charge is 2.25. The normalized spacial score (nSPS) is 16.1. The third kappa shape index (κ3) is 3.78. The molecule has 2 N–H and O–H groups in total. The van der Waals surface area contributed by atoms with Gasteiger partial charge in [-0.05, 0) is 58.6 Å². The topological polar surface area (TPSA) is 85.2 Å². The van der Waals surface area contributed by atoms with Crippen LogP contribution >= 0.6 is 15.9 Å². The Kier molecular flexibility index (Phi) is 5.22. The number of hydrogen-bond donors (Lipinski definition) is 1. The number of aromatic nitrogens is 5. The molecule has 1 aromatic carbocycles. The van der Waals surface area contributed by atoms with Crippen LogP contribution in [0.4, 0.5) is 10.2 Å². The van der Waals surface area contributed by atoms with Crippen LogP contribution in [-0.2, 0) is 5.54 Å². The van der Waals surface area contributed by atoms with Crippen molar-refractivity contribution in [1.82, 2.24) is 24.6 Å². The zero-order valence-corrected chi connectivity index (χ0v) is 19.0. The molecule has 0 bridgehead atoms. The number of benzene rings is 1. The molecule has 0 saturated heterocycles. The number of fused-ring (bicyclic) bond motifs is 1. The molecular formula is C23H21BrFN7. The van der Waals surface area contributed by atoms with Crippen molar-refractivity contribution in [1.29, 1.82) is 0 Å². The summed E-state index contributed by atoms with van der Waals surface area (Å²) in [6.07, 6.45) is 9.93. The Balaban J connectivity index is 1.35. The molecule has 0 saturated carbocycles. The Labute approximate surface area is 193 Å². The predicted octanol–water partition coefficient (Wildman–Crippen LogP) is 3.94. The number of halogens is 2. The van der Waals surface area contributed by atoms with Gasteiger partial charge in [-0.2, -0.15) is 5.10 Å². The maximum atomic E-state index is 13.3. The smallest absolute Gasteiger partial charge is 0.156 e. The van der Waals surface area contributed by atoms with Gasteiger partial charge in [-0.25, -0.2) is 23.9 Å². The molecule has 162 valence electrons. The highest BCUT2D eigenvalue weighted by molar-refractivity contribution is 9.10. The van der Waals surface area contributed by atoms with Crippen LogP contribution in [-0.4, -0.2) is 37.7 Å². The van der Waals surface area contributed by atoms with Gasteiger partial charge in [0.25, 0.3) is 0 Å². The predicted molar refractivity (Wildman–Crippen MR) is 125 cm³/mol. The third-order valence-corrected chi connectivity index (χ3v) is 6.28. The fourth-order valence-corrected chi connectivity index (χ4v) is 4.33. The van der Waals surface area contributed by atoms with E-state index >= 15 is 0 Å². The number of hydrogen-bond acceptors (Lipinski definition) is 6. The second-order valence-electron chi connectivity index (χ2n) is 8.00. The molecule has 5 rings (SSSR count). The zero-order valence-electron chi connectivity index (χ0n) is 17.4. The number of rotatable bonds is 4. The lowest BCUT2D eigenvalue weighted by molar-refractivity contribution is 0.588. The summed E-state index contributed by atoms with van der Waals surface area (Å²) < 4.78 is 16.0. The maximum Gasteiger partial charge on any atom is 0.156 e. The Morgan fingerprint density at radius 1 is 1.09 bits per heavy atom. The first-order valence-corrected chi connectivity index (χ1v) is 11.0. The largest absolute Gasteiger partial charge is 0.351 e. The molecule has 1 aliphatic heterocycles. The molecule has 0 amide bonds. The van der Waals surface area contributed by atoms with Crippen LogP contribution in [0.15, 0.2) is 65.8 Å².